The zero-order chi connectivity index (χ0) is 19.6. The highest BCUT2D eigenvalue weighted by molar-refractivity contribution is 6.02. The Labute approximate surface area is 160 Å². The number of benzene rings is 1. The Morgan fingerprint density at radius 1 is 1.07 bits per heavy atom. The van der Waals surface area contributed by atoms with Gasteiger partial charge >= 0.3 is 0 Å². The van der Waals surface area contributed by atoms with Crippen LogP contribution in [0.4, 0.5) is 0 Å². The van der Waals surface area contributed by atoms with Crippen LogP contribution in [0, 0.1) is 12.8 Å². The molecule has 146 valence electrons. The number of hydrogen-bond donors (Lipinski definition) is 0. The summed E-state index contributed by atoms with van der Waals surface area (Å²) in [5, 5.41) is 0. The number of rotatable bonds is 4. The second-order valence-electron chi connectivity index (χ2n) is 7.52. The van der Waals surface area contributed by atoms with E-state index < -0.39 is 0 Å². The molecular weight excluding hydrogens is 344 g/mol. The molecule has 0 aromatic heterocycles. The van der Waals surface area contributed by atoms with Gasteiger partial charge in [-0.25, -0.2) is 0 Å². The SMILES string of the molecule is COc1ccc(C(=O)C2CCCN2C(=O)C2CCN(C(C)=O)CC2)cc1C. The monoisotopic (exact) mass is 372 g/mol. The number of amides is 2. The highest BCUT2D eigenvalue weighted by Gasteiger charge is 2.38. The summed E-state index contributed by atoms with van der Waals surface area (Å²) >= 11 is 0. The first-order valence-corrected chi connectivity index (χ1v) is 9.67. The number of ether oxygens (including phenoxy) is 1. The van der Waals surface area contributed by atoms with Crippen molar-refractivity contribution in [3.63, 3.8) is 0 Å². The zero-order valence-electron chi connectivity index (χ0n) is 16.4. The lowest BCUT2D eigenvalue weighted by atomic mass is 9.94. The van der Waals surface area contributed by atoms with Crippen LogP contribution in [0.2, 0.25) is 0 Å². The van der Waals surface area contributed by atoms with Crippen molar-refractivity contribution in [3.8, 4) is 5.75 Å². The molecule has 1 atom stereocenters. The molecule has 2 aliphatic heterocycles. The molecule has 2 fully saturated rings. The van der Waals surface area contributed by atoms with E-state index in [1.54, 1.807) is 36.0 Å². The molecule has 0 saturated carbocycles. The number of carbonyl (C=O) groups is 3. The third kappa shape index (κ3) is 3.99. The molecule has 1 unspecified atom stereocenters. The maximum absolute atomic E-state index is 13.1. The molecule has 3 rings (SSSR count). The van der Waals surface area contributed by atoms with E-state index >= 15 is 0 Å². The fraction of sp³-hybridized carbons (Fsp3) is 0.571. The molecule has 2 heterocycles. The van der Waals surface area contributed by atoms with Crippen LogP contribution in [0.5, 0.6) is 5.75 Å². The van der Waals surface area contributed by atoms with Gasteiger partial charge < -0.3 is 14.5 Å². The number of ketones is 1. The van der Waals surface area contributed by atoms with E-state index in [-0.39, 0.29) is 29.6 Å². The van der Waals surface area contributed by atoms with Crippen molar-refractivity contribution >= 4 is 17.6 Å². The first-order valence-electron chi connectivity index (χ1n) is 9.67. The molecule has 2 aliphatic rings. The maximum atomic E-state index is 13.1. The lowest BCUT2D eigenvalue weighted by Gasteiger charge is -2.34. The molecule has 6 nitrogen and oxygen atoms in total. The van der Waals surface area contributed by atoms with E-state index in [1.807, 2.05) is 13.0 Å². The summed E-state index contributed by atoms with van der Waals surface area (Å²) in [4.78, 5) is 41.1. The van der Waals surface area contributed by atoms with E-state index in [4.69, 9.17) is 4.74 Å². The van der Waals surface area contributed by atoms with E-state index in [2.05, 4.69) is 0 Å². The van der Waals surface area contributed by atoms with Gasteiger partial charge in [0.2, 0.25) is 11.8 Å². The van der Waals surface area contributed by atoms with Gasteiger partial charge in [-0.3, -0.25) is 14.4 Å². The smallest absolute Gasteiger partial charge is 0.226 e. The van der Waals surface area contributed by atoms with E-state index in [1.165, 1.54) is 0 Å². The summed E-state index contributed by atoms with van der Waals surface area (Å²) in [6, 6.07) is 5.05. The first-order chi connectivity index (χ1) is 12.9. The lowest BCUT2D eigenvalue weighted by Crippen LogP contribution is -2.47. The van der Waals surface area contributed by atoms with Crippen LogP contribution in [-0.4, -0.2) is 60.2 Å². The average Bonchev–Trinajstić information content (AvgIpc) is 3.16. The Bertz CT molecular complexity index is 738. The number of aryl methyl sites for hydroxylation is 1. The minimum atomic E-state index is -0.379. The summed E-state index contributed by atoms with van der Waals surface area (Å²) in [7, 11) is 1.61. The number of piperidine rings is 1. The molecule has 1 aromatic carbocycles. The third-order valence-electron chi connectivity index (χ3n) is 5.81. The van der Waals surface area contributed by atoms with E-state index in [9.17, 15) is 14.4 Å². The van der Waals surface area contributed by atoms with Crippen molar-refractivity contribution in [2.24, 2.45) is 5.92 Å². The zero-order valence-corrected chi connectivity index (χ0v) is 16.4. The molecular formula is C21H28N2O4. The van der Waals surface area contributed by atoms with Gasteiger partial charge in [-0.15, -0.1) is 0 Å². The molecule has 0 aliphatic carbocycles. The topological polar surface area (TPSA) is 66.9 Å². The molecule has 0 radical (unpaired) electrons. The predicted octanol–water partition coefficient (Wildman–Crippen LogP) is 2.44. The van der Waals surface area contributed by atoms with E-state index in [0.29, 0.717) is 44.5 Å². The second kappa shape index (κ2) is 8.11. The highest BCUT2D eigenvalue weighted by Crippen LogP contribution is 2.28. The second-order valence-corrected chi connectivity index (χ2v) is 7.52. The average molecular weight is 372 g/mol. The number of likely N-dealkylation sites (tertiary alicyclic amines) is 2. The van der Waals surface area contributed by atoms with Crippen molar-refractivity contribution in [2.75, 3.05) is 26.7 Å². The Morgan fingerprint density at radius 2 is 1.78 bits per heavy atom. The number of nitrogens with zero attached hydrogens (tertiary/aromatic N) is 2. The van der Waals surface area contributed by atoms with Gasteiger partial charge in [0.25, 0.3) is 0 Å². The van der Waals surface area contributed by atoms with Gasteiger partial charge in [0.15, 0.2) is 5.78 Å². The highest BCUT2D eigenvalue weighted by atomic mass is 16.5. The van der Waals surface area contributed by atoms with Gasteiger partial charge in [-0.2, -0.15) is 0 Å². The summed E-state index contributed by atoms with van der Waals surface area (Å²) < 4.78 is 5.27. The van der Waals surface area contributed by atoms with Crippen LogP contribution in [0.3, 0.4) is 0 Å². The largest absolute Gasteiger partial charge is 0.496 e. The third-order valence-corrected chi connectivity index (χ3v) is 5.81. The molecule has 0 bridgehead atoms. The van der Waals surface area contributed by atoms with Crippen LogP contribution in [-0.2, 0) is 9.59 Å². The molecule has 0 N–H and O–H groups in total. The normalized spacial score (nSPS) is 20.6. The van der Waals surface area contributed by atoms with Crippen LogP contribution in [0.1, 0.15) is 48.5 Å². The van der Waals surface area contributed by atoms with Crippen molar-refractivity contribution in [3.05, 3.63) is 29.3 Å². The maximum Gasteiger partial charge on any atom is 0.226 e. The summed E-state index contributed by atoms with van der Waals surface area (Å²) in [6.45, 7) is 5.35. The Hall–Kier alpha value is -2.37. The van der Waals surface area contributed by atoms with Crippen LogP contribution >= 0.6 is 0 Å². The predicted molar refractivity (Wildman–Crippen MR) is 102 cm³/mol. The number of hydrogen-bond acceptors (Lipinski definition) is 4. The Kier molecular flexibility index (Phi) is 5.82. The van der Waals surface area contributed by atoms with Gasteiger partial charge in [0.1, 0.15) is 5.75 Å². The first kappa shape index (κ1) is 19.4. The standard InChI is InChI=1S/C21H28N2O4/c1-14-13-17(6-7-19(14)27-3)20(25)18-5-4-10-23(18)21(26)16-8-11-22(12-9-16)15(2)24/h6-7,13,16,18H,4-5,8-12H2,1-3H3. The van der Waals surface area contributed by atoms with Crippen molar-refractivity contribution in [1.29, 1.82) is 0 Å². The summed E-state index contributed by atoms with van der Waals surface area (Å²) in [5.74, 6) is 0.798. The van der Waals surface area contributed by atoms with Gasteiger partial charge in [-0.05, 0) is 56.4 Å². The summed E-state index contributed by atoms with van der Waals surface area (Å²) in [6.07, 6.45) is 2.92. The molecule has 27 heavy (non-hydrogen) atoms. The molecule has 2 saturated heterocycles. The van der Waals surface area contributed by atoms with Crippen LogP contribution < -0.4 is 4.74 Å². The molecule has 1 aromatic rings. The fourth-order valence-electron chi connectivity index (χ4n) is 4.20. The summed E-state index contributed by atoms with van der Waals surface area (Å²) in [5.41, 5.74) is 1.54. The van der Waals surface area contributed by atoms with Gasteiger partial charge in [0, 0.05) is 38.0 Å². The molecule has 6 heteroatoms. The Morgan fingerprint density at radius 3 is 2.37 bits per heavy atom. The van der Waals surface area contributed by atoms with Crippen molar-refractivity contribution < 1.29 is 19.1 Å². The van der Waals surface area contributed by atoms with Gasteiger partial charge in [0.05, 0.1) is 13.2 Å². The number of Topliss-reactive ketones (excluding diaryl/α,β-unsaturated/α-hetero) is 1. The number of methoxy groups -OCH3 is 1. The van der Waals surface area contributed by atoms with Crippen LogP contribution in [0.25, 0.3) is 0 Å². The van der Waals surface area contributed by atoms with Crippen LogP contribution in [0.15, 0.2) is 18.2 Å². The van der Waals surface area contributed by atoms with Crippen molar-refractivity contribution in [1.82, 2.24) is 9.80 Å². The quantitative estimate of drug-likeness (QED) is 0.762. The molecule has 0 spiro atoms. The lowest BCUT2D eigenvalue weighted by molar-refractivity contribution is -0.140. The number of carbonyl (C=O) groups excluding carboxylic acids is 3. The molecule has 2 amide bonds. The van der Waals surface area contributed by atoms with Crippen molar-refractivity contribution in [2.45, 2.75) is 45.6 Å². The van der Waals surface area contributed by atoms with Gasteiger partial charge in [-0.1, -0.05) is 0 Å². The van der Waals surface area contributed by atoms with E-state index in [0.717, 1.165) is 17.7 Å². The fourth-order valence-corrected chi connectivity index (χ4v) is 4.20. The Balaban J connectivity index is 1.69. The minimum absolute atomic E-state index is 0.00720. The minimum Gasteiger partial charge on any atom is -0.496 e.